The Morgan fingerprint density at radius 3 is 2.37 bits per heavy atom. The van der Waals surface area contributed by atoms with Gasteiger partial charge in [0, 0.05) is 30.9 Å². The highest BCUT2D eigenvalue weighted by Gasteiger charge is 2.51. The van der Waals surface area contributed by atoms with Gasteiger partial charge in [-0.1, -0.05) is 48.6 Å². The molecule has 2 N–H and O–H groups in total. The molecule has 35 heavy (non-hydrogen) atoms. The van der Waals surface area contributed by atoms with E-state index >= 15 is 0 Å². The second kappa shape index (κ2) is 9.65. The summed E-state index contributed by atoms with van der Waals surface area (Å²) < 4.78 is 96.1. The van der Waals surface area contributed by atoms with E-state index in [2.05, 4.69) is 5.32 Å². The Bertz CT molecular complexity index is 1260. The lowest BCUT2D eigenvalue weighted by molar-refractivity contribution is -0.258. The molecule has 1 aromatic carbocycles. The van der Waals surface area contributed by atoms with Crippen LogP contribution in [0.2, 0.25) is 0 Å². The number of piperazine rings is 1. The maximum absolute atomic E-state index is 13.4. The summed E-state index contributed by atoms with van der Waals surface area (Å²) >= 11 is 5.21. The van der Waals surface area contributed by atoms with Crippen molar-refractivity contribution >= 4 is 37.2 Å². The molecule has 1 fully saturated rings. The zero-order valence-electron chi connectivity index (χ0n) is 18.9. The van der Waals surface area contributed by atoms with Crippen molar-refractivity contribution in [1.29, 1.82) is 0 Å². The van der Waals surface area contributed by atoms with Gasteiger partial charge in [0.05, 0.1) is 23.3 Å². The molecule has 0 amide bonds. The van der Waals surface area contributed by atoms with Gasteiger partial charge in [0.25, 0.3) is 10.1 Å². The molecule has 2 aliphatic rings. The lowest BCUT2D eigenvalue weighted by Gasteiger charge is -2.43. The van der Waals surface area contributed by atoms with Crippen LogP contribution >= 0.6 is 12.2 Å². The summed E-state index contributed by atoms with van der Waals surface area (Å²) in [5.74, 6) is 0. The largest absolute Gasteiger partial charge is 0.421 e. The van der Waals surface area contributed by atoms with E-state index in [1.54, 1.807) is 12.2 Å². The lowest BCUT2D eigenvalue weighted by Crippen LogP contribution is -2.62. The second-order valence-electron chi connectivity index (χ2n) is 8.55. The summed E-state index contributed by atoms with van der Waals surface area (Å²) in [4.78, 5) is 0.203. The molecule has 2 atom stereocenters. The fraction of sp³-hybridized carbons (Fsp3) is 0.476. The molecule has 1 aliphatic heterocycles. The second-order valence-corrected chi connectivity index (χ2v) is 12.6. The molecule has 1 aliphatic carbocycles. The fourth-order valence-electron chi connectivity index (χ4n) is 3.81. The Kier molecular flexibility index (Phi) is 7.69. The lowest BCUT2D eigenvalue weighted by atomic mass is 9.86. The number of hydrogen-bond donors (Lipinski definition) is 2. The van der Waals surface area contributed by atoms with Crippen molar-refractivity contribution in [2.75, 3.05) is 32.5 Å². The van der Waals surface area contributed by atoms with Crippen LogP contribution in [0.15, 0.2) is 47.4 Å². The zero-order chi connectivity index (χ0) is 26.3. The highest BCUT2D eigenvalue weighted by molar-refractivity contribution is 7.96. The molecule has 14 heteroatoms. The standard InChI is InChI=1S/C21H25F3N2O6S3/c1-19(27,21(22,23)24)15-7-9-16(10-8-15)20(14-32-34(2,28)29)13-26(12-11-25-20)35(30,31)18-6-4-3-5-17(18)33/h3-4,6-10,25,27H,5,11-14H2,1-2H3/t19?,20-/m1/s1. The van der Waals surface area contributed by atoms with Crippen molar-refractivity contribution in [1.82, 2.24) is 9.62 Å². The van der Waals surface area contributed by atoms with Crippen molar-refractivity contribution < 1.29 is 39.3 Å². The topological polar surface area (TPSA) is 113 Å². The number of hydrogen-bond acceptors (Lipinski definition) is 8. The summed E-state index contributed by atoms with van der Waals surface area (Å²) in [6.07, 6.45) is 0.887. The average molecular weight is 555 g/mol. The number of aliphatic hydroxyl groups is 1. The van der Waals surface area contributed by atoms with Crippen LogP contribution in [0.5, 0.6) is 0 Å². The van der Waals surface area contributed by atoms with Gasteiger partial charge in [-0.3, -0.25) is 4.18 Å². The predicted octanol–water partition coefficient (Wildman–Crippen LogP) is 2.08. The molecule has 0 aromatic heterocycles. The Morgan fingerprint density at radius 2 is 1.83 bits per heavy atom. The van der Waals surface area contributed by atoms with Crippen LogP contribution in [0.4, 0.5) is 13.2 Å². The molecule has 0 bridgehead atoms. The van der Waals surface area contributed by atoms with Crippen LogP contribution in [-0.4, -0.2) is 69.8 Å². The maximum Gasteiger partial charge on any atom is 0.421 e. The van der Waals surface area contributed by atoms with Crippen LogP contribution in [-0.2, 0) is 35.5 Å². The number of alkyl halides is 3. The first kappa shape index (κ1) is 27.9. The molecule has 1 aromatic rings. The molecule has 8 nitrogen and oxygen atoms in total. The first-order valence-electron chi connectivity index (χ1n) is 10.4. The predicted molar refractivity (Wildman–Crippen MR) is 127 cm³/mol. The minimum atomic E-state index is -4.93. The van der Waals surface area contributed by atoms with E-state index < -0.39 is 49.6 Å². The number of nitrogens with one attached hydrogen (secondary N) is 1. The van der Waals surface area contributed by atoms with Crippen molar-refractivity contribution in [2.24, 2.45) is 0 Å². The van der Waals surface area contributed by atoms with Crippen molar-refractivity contribution in [2.45, 2.75) is 30.7 Å². The zero-order valence-corrected chi connectivity index (χ0v) is 21.3. The van der Waals surface area contributed by atoms with Crippen LogP contribution in [0, 0.1) is 0 Å². The highest BCUT2D eigenvalue weighted by Crippen LogP contribution is 2.39. The van der Waals surface area contributed by atoms with Crippen LogP contribution in [0.1, 0.15) is 24.5 Å². The summed E-state index contributed by atoms with van der Waals surface area (Å²) in [5.41, 5.74) is -4.68. The van der Waals surface area contributed by atoms with E-state index in [4.69, 9.17) is 16.4 Å². The number of rotatable bonds is 7. The van der Waals surface area contributed by atoms with Crippen molar-refractivity contribution in [3.63, 3.8) is 0 Å². The molecule has 0 spiro atoms. The van der Waals surface area contributed by atoms with Crippen LogP contribution in [0.3, 0.4) is 0 Å². The highest BCUT2D eigenvalue weighted by atomic mass is 32.2. The van der Waals surface area contributed by atoms with Gasteiger partial charge in [-0.2, -0.15) is 25.9 Å². The van der Waals surface area contributed by atoms with E-state index in [0.29, 0.717) is 6.92 Å². The third-order valence-corrected chi connectivity index (χ3v) is 8.91. The molecule has 194 valence electrons. The van der Waals surface area contributed by atoms with Gasteiger partial charge in [-0.25, -0.2) is 8.42 Å². The monoisotopic (exact) mass is 554 g/mol. The van der Waals surface area contributed by atoms with Gasteiger partial charge in [0.1, 0.15) is 0 Å². The number of nitrogens with zero attached hydrogens (tertiary/aromatic N) is 1. The summed E-state index contributed by atoms with van der Waals surface area (Å²) in [6.45, 7) is -0.0233. The van der Waals surface area contributed by atoms with Crippen molar-refractivity contribution in [3.8, 4) is 0 Å². The number of halogens is 3. The Hall–Kier alpha value is -1.68. The summed E-state index contributed by atoms with van der Waals surface area (Å²) in [6, 6.07) is 4.67. The van der Waals surface area contributed by atoms with E-state index in [0.717, 1.165) is 22.7 Å². The Labute approximate surface area is 207 Å². The molecule has 1 unspecified atom stereocenters. The quantitative estimate of drug-likeness (QED) is 0.389. The van der Waals surface area contributed by atoms with Gasteiger partial charge >= 0.3 is 6.18 Å². The van der Waals surface area contributed by atoms with E-state index in [1.165, 1.54) is 18.2 Å². The SMILES string of the molecule is CC(O)(c1ccc([C@]2(COS(C)(=O)=O)CN(S(=O)(=O)C3=CC=CCC3=S)CCN2)cc1)C(F)(F)F. The number of allylic oxidation sites excluding steroid dienone is 4. The van der Waals surface area contributed by atoms with Crippen LogP contribution < -0.4 is 5.32 Å². The summed E-state index contributed by atoms with van der Waals surface area (Å²) in [7, 11) is -7.99. The Balaban J connectivity index is 2.02. The number of benzene rings is 1. The molecule has 0 saturated carbocycles. The Morgan fingerprint density at radius 1 is 1.20 bits per heavy atom. The van der Waals surface area contributed by atoms with Gasteiger partial charge in [-0.15, -0.1) is 0 Å². The third kappa shape index (κ3) is 5.84. The molecular formula is C21H25F3N2O6S3. The van der Waals surface area contributed by atoms with Crippen molar-refractivity contribution in [3.05, 3.63) is 58.5 Å². The molecule has 1 saturated heterocycles. The van der Waals surface area contributed by atoms with Gasteiger partial charge < -0.3 is 10.4 Å². The molecular weight excluding hydrogens is 529 g/mol. The smallest absolute Gasteiger partial charge is 0.376 e. The van der Waals surface area contributed by atoms with E-state index in [9.17, 15) is 35.1 Å². The summed E-state index contributed by atoms with van der Waals surface area (Å²) in [5, 5.41) is 13.0. The third-order valence-electron chi connectivity index (χ3n) is 5.92. The average Bonchev–Trinajstić information content (AvgIpc) is 2.77. The normalized spacial score (nSPS) is 24.2. The minimum Gasteiger partial charge on any atom is -0.376 e. The van der Waals surface area contributed by atoms with Gasteiger partial charge in [-0.05, 0) is 24.1 Å². The first-order chi connectivity index (χ1) is 16.0. The molecule has 1 heterocycles. The van der Waals surface area contributed by atoms with Gasteiger partial charge in [0.2, 0.25) is 10.0 Å². The molecule has 3 rings (SSSR count). The van der Waals surface area contributed by atoms with E-state index in [-0.39, 0.29) is 41.4 Å². The maximum atomic E-state index is 13.4. The first-order valence-corrected chi connectivity index (χ1v) is 14.1. The minimum absolute atomic E-state index is 0.0357. The van der Waals surface area contributed by atoms with Crippen LogP contribution in [0.25, 0.3) is 0 Å². The number of sulfonamides is 1. The van der Waals surface area contributed by atoms with E-state index in [1.807, 2.05) is 0 Å². The van der Waals surface area contributed by atoms with Gasteiger partial charge in [0.15, 0.2) is 5.60 Å². The fourth-order valence-corrected chi connectivity index (χ4v) is 6.33. The molecule has 0 radical (unpaired) electrons. The number of thiocarbonyl (C=S) groups is 1.